The van der Waals surface area contributed by atoms with Gasteiger partial charge in [0.1, 0.15) is 5.82 Å². The van der Waals surface area contributed by atoms with E-state index in [2.05, 4.69) is 16.2 Å². The van der Waals surface area contributed by atoms with Crippen LogP contribution in [0, 0.1) is 17.1 Å². The molecule has 0 amide bonds. The summed E-state index contributed by atoms with van der Waals surface area (Å²) in [6.07, 6.45) is 0.454. The second-order valence-corrected chi connectivity index (χ2v) is 4.16. The summed E-state index contributed by atoms with van der Waals surface area (Å²) in [6, 6.07) is 7.98. The molecular weight excluding hydrogens is 247 g/mol. The minimum atomic E-state index is -0.302. The van der Waals surface area contributed by atoms with Crippen LogP contribution < -0.4 is 0 Å². The maximum absolute atomic E-state index is 12.8. The summed E-state index contributed by atoms with van der Waals surface area (Å²) in [6.45, 7) is 1.13. The average Bonchev–Trinajstić information content (AvgIpc) is 2.85. The second-order valence-electron chi connectivity index (χ2n) is 4.16. The Labute approximate surface area is 110 Å². The molecule has 0 unspecified atom stereocenters. The molecule has 0 atom stereocenters. The Morgan fingerprint density at radius 2 is 2.11 bits per heavy atom. The van der Waals surface area contributed by atoms with Crippen molar-refractivity contribution in [3.8, 4) is 17.5 Å². The van der Waals surface area contributed by atoms with E-state index >= 15 is 0 Å². The van der Waals surface area contributed by atoms with E-state index in [4.69, 9.17) is 9.78 Å². The number of hydrogen-bond donors (Lipinski definition) is 0. The molecule has 0 radical (unpaired) electrons. The Balaban J connectivity index is 2.03. The summed E-state index contributed by atoms with van der Waals surface area (Å²) in [5, 5.41) is 12.3. The maximum atomic E-state index is 12.8. The largest absolute Gasteiger partial charge is 0.338 e. The number of nitrogens with zero attached hydrogens (tertiary/aromatic N) is 4. The Hall–Kier alpha value is -2.26. The Kier molecular flexibility index (Phi) is 4.21. The van der Waals surface area contributed by atoms with Crippen LogP contribution in [0.5, 0.6) is 0 Å². The molecule has 5 nitrogen and oxygen atoms in total. The van der Waals surface area contributed by atoms with Gasteiger partial charge >= 0.3 is 0 Å². The lowest BCUT2D eigenvalue weighted by Crippen LogP contribution is -2.18. The van der Waals surface area contributed by atoms with Crippen LogP contribution in [0.1, 0.15) is 12.3 Å². The van der Waals surface area contributed by atoms with Gasteiger partial charge in [-0.15, -0.1) is 0 Å². The molecule has 0 aliphatic carbocycles. The van der Waals surface area contributed by atoms with Gasteiger partial charge in [0.05, 0.1) is 12.6 Å². The molecule has 0 saturated heterocycles. The molecule has 1 aromatic carbocycles. The molecule has 0 saturated carbocycles. The summed E-state index contributed by atoms with van der Waals surface area (Å²) < 4.78 is 17.9. The predicted molar refractivity (Wildman–Crippen MR) is 66.3 cm³/mol. The zero-order valence-corrected chi connectivity index (χ0v) is 10.5. The van der Waals surface area contributed by atoms with E-state index < -0.39 is 0 Å². The third kappa shape index (κ3) is 3.60. The second kappa shape index (κ2) is 6.07. The molecule has 98 valence electrons. The van der Waals surface area contributed by atoms with Gasteiger partial charge in [0.15, 0.2) is 0 Å². The average molecular weight is 260 g/mol. The monoisotopic (exact) mass is 260 g/mol. The molecule has 0 N–H and O–H groups in total. The number of benzene rings is 1. The smallest absolute Gasteiger partial charge is 0.241 e. The van der Waals surface area contributed by atoms with Gasteiger partial charge in [0.2, 0.25) is 11.7 Å². The van der Waals surface area contributed by atoms with Gasteiger partial charge in [-0.05, 0) is 31.3 Å². The summed E-state index contributed by atoms with van der Waals surface area (Å²) >= 11 is 0. The lowest BCUT2D eigenvalue weighted by atomic mass is 10.2. The zero-order chi connectivity index (χ0) is 13.7. The highest BCUT2D eigenvalue weighted by Gasteiger charge is 2.10. The first kappa shape index (κ1) is 13.2. The van der Waals surface area contributed by atoms with E-state index in [0.717, 1.165) is 0 Å². The molecule has 2 aromatic rings. The third-order valence-corrected chi connectivity index (χ3v) is 2.58. The van der Waals surface area contributed by atoms with Gasteiger partial charge in [0.25, 0.3) is 0 Å². The topological polar surface area (TPSA) is 66.0 Å². The molecule has 0 spiro atoms. The predicted octanol–water partition coefficient (Wildman–Crippen LogP) is 2.22. The lowest BCUT2D eigenvalue weighted by molar-refractivity contribution is 0.271. The molecule has 1 heterocycles. The Bertz CT molecular complexity index is 573. The molecule has 1 aromatic heterocycles. The van der Waals surface area contributed by atoms with E-state index in [1.807, 2.05) is 11.9 Å². The Morgan fingerprint density at radius 3 is 2.79 bits per heavy atom. The summed E-state index contributed by atoms with van der Waals surface area (Å²) in [7, 11) is 1.87. The van der Waals surface area contributed by atoms with E-state index in [-0.39, 0.29) is 5.82 Å². The number of nitriles is 1. The van der Waals surface area contributed by atoms with Gasteiger partial charge in [0, 0.05) is 18.5 Å². The van der Waals surface area contributed by atoms with Crippen LogP contribution in [0.2, 0.25) is 0 Å². The Morgan fingerprint density at radius 1 is 1.37 bits per heavy atom. The summed E-state index contributed by atoms with van der Waals surface area (Å²) in [5.41, 5.74) is 0.705. The fraction of sp³-hybridized carbons (Fsp3) is 0.308. The standard InChI is InChI=1S/C13H13FN4O/c1-18(8-2-7-15)9-12-16-13(17-19-12)10-3-5-11(14)6-4-10/h3-6H,2,8-9H2,1H3. The summed E-state index contributed by atoms with van der Waals surface area (Å²) in [4.78, 5) is 6.16. The van der Waals surface area contributed by atoms with Crippen molar-refractivity contribution < 1.29 is 8.91 Å². The first-order valence-corrected chi connectivity index (χ1v) is 5.83. The van der Waals surface area contributed by atoms with Gasteiger partial charge in [-0.25, -0.2) is 4.39 Å². The van der Waals surface area contributed by atoms with Crippen LogP contribution in [0.3, 0.4) is 0 Å². The van der Waals surface area contributed by atoms with E-state index in [1.165, 1.54) is 12.1 Å². The number of halogens is 1. The lowest BCUT2D eigenvalue weighted by Gasteiger charge is -2.10. The molecule has 0 bridgehead atoms. The molecule has 2 rings (SSSR count). The maximum Gasteiger partial charge on any atom is 0.241 e. The highest BCUT2D eigenvalue weighted by atomic mass is 19.1. The van der Waals surface area contributed by atoms with E-state index in [1.54, 1.807) is 12.1 Å². The van der Waals surface area contributed by atoms with Crippen molar-refractivity contribution in [2.75, 3.05) is 13.6 Å². The fourth-order valence-electron chi connectivity index (χ4n) is 1.59. The molecule has 0 fully saturated rings. The minimum Gasteiger partial charge on any atom is -0.338 e. The minimum absolute atomic E-state index is 0.302. The third-order valence-electron chi connectivity index (χ3n) is 2.58. The van der Waals surface area contributed by atoms with Crippen LogP contribution in [0.15, 0.2) is 28.8 Å². The van der Waals surface area contributed by atoms with Crippen molar-refractivity contribution >= 4 is 0 Å². The van der Waals surface area contributed by atoms with Crippen LogP contribution in [0.4, 0.5) is 4.39 Å². The first-order valence-electron chi connectivity index (χ1n) is 5.83. The molecule has 19 heavy (non-hydrogen) atoms. The highest BCUT2D eigenvalue weighted by Crippen LogP contribution is 2.16. The van der Waals surface area contributed by atoms with Crippen molar-refractivity contribution in [3.05, 3.63) is 36.0 Å². The van der Waals surface area contributed by atoms with Crippen molar-refractivity contribution in [1.29, 1.82) is 5.26 Å². The molecule has 0 aliphatic heterocycles. The normalized spacial score (nSPS) is 10.6. The van der Waals surface area contributed by atoms with Crippen LogP contribution in [-0.2, 0) is 6.54 Å². The fourth-order valence-corrected chi connectivity index (χ4v) is 1.59. The van der Waals surface area contributed by atoms with Crippen LogP contribution in [-0.4, -0.2) is 28.6 Å². The van der Waals surface area contributed by atoms with Crippen LogP contribution in [0.25, 0.3) is 11.4 Å². The van der Waals surface area contributed by atoms with E-state index in [9.17, 15) is 4.39 Å². The highest BCUT2D eigenvalue weighted by molar-refractivity contribution is 5.53. The SMILES string of the molecule is CN(CCC#N)Cc1nc(-c2ccc(F)cc2)no1. The molecule has 0 aliphatic rings. The quantitative estimate of drug-likeness (QED) is 0.824. The van der Waals surface area contributed by atoms with Gasteiger partial charge in [-0.1, -0.05) is 5.16 Å². The van der Waals surface area contributed by atoms with Gasteiger partial charge < -0.3 is 4.52 Å². The zero-order valence-electron chi connectivity index (χ0n) is 10.5. The molecule has 6 heteroatoms. The van der Waals surface area contributed by atoms with Gasteiger partial charge in [-0.2, -0.15) is 10.2 Å². The van der Waals surface area contributed by atoms with Gasteiger partial charge in [-0.3, -0.25) is 4.90 Å². The van der Waals surface area contributed by atoms with Crippen LogP contribution >= 0.6 is 0 Å². The number of hydrogen-bond acceptors (Lipinski definition) is 5. The van der Waals surface area contributed by atoms with Crippen molar-refractivity contribution in [2.24, 2.45) is 0 Å². The number of rotatable bonds is 5. The molecular formula is C13H13FN4O. The van der Waals surface area contributed by atoms with E-state index in [0.29, 0.717) is 36.8 Å². The van der Waals surface area contributed by atoms with Crippen molar-refractivity contribution in [3.63, 3.8) is 0 Å². The summed E-state index contributed by atoms with van der Waals surface area (Å²) in [5.74, 6) is 0.604. The van der Waals surface area contributed by atoms with Crippen molar-refractivity contribution in [2.45, 2.75) is 13.0 Å². The van der Waals surface area contributed by atoms with Crippen molar-refractivity contribution in [1.82, 2.24) is 15.0 Å². The first-order chi connectivity index (χ1) is 9.19. The number of aromatic nitrogens is 2.